The van der Waals surface area contributed by atoms with Gasteiger partial charge in [0.1, 0.15) is 0 Å². The summed E-state index contributed by atoms with van der Waals surface area (Å²) >= 11 is 17.0. The molecular formula is C10I7. The number of halogens is 7. The van der Waals surface area contributed by atoms with Crippen LogP contribution in [-0.4, -0.2) is 0 Å². The maximum absolute atomic E-state index is 3.53. The van der Waals surface area contributed by atoms with Gasteiger partial charge in [-0.15, -0.1) is 0 Å². The van der Waals surface area contributed by atoms with Gasteiger partial charge in [0, 0.05) is 41.8 Å². The standard InChI is InChI=1S/C10I7/c11-3-1-2-4(7(14)6(3)13)8(15)10(17)9(16)5(2)12. The van der Waals surface area contributed by atoms with Gasteiger partial charge in [0.05, 0.1) is 0 Å². The number of hydrogen-bond acceptors (Lipinski definition) is 0. The molecule has 0 saturated carbocycles. The minimum atomic E-state index is 1.21. The smallest absolute Gasteiger partial charge is 0.0415 e. The van der Waals surface area contributed by atoms with E-state index in [1.54, 1.807) is 0 Å². The Balaban J connectivity index is 3.12. The molecule has 0 N–H and O–H groups in total. The van der Waals surface area contributed by atoms with E-state index in [4.69, 9.17) is 0 Å². The minimum absolute atomic E-state index is 1.21. The van der Waals surface area contributed by atoms with Gasteiger partial charge < -0.3 is 0 Å². The molecule has 0 heterocycles. The zero-order valence-electron chi connectivity index (χ0n) is 7.65. The van der Waals surface area contributed by atoms with Gasteiger partial charge in [-0.25, -0.2) is 0 Å². The highest BCUT2D eigenvalue weighted by atomic mass is 127. The van der Waals surface area contributed by atoms with Crippen LogP contribution in [0.1, 0.15) is 0 Å². The van der Waals surface area contributed by atoms with Crippen LogP contribution in [0.3, 0.4) is 0 Å². The molecule has 2 aromatic carbocycles. The summed E-state index contributed by atoms with van der Waals surface area (Å²) in [5.74, 6) is 0. The van der Waals surface area contributed by atoms with Crippen LogP contribution < -0.4 is 0 Å². The average molecular weight is 1010 g/mol. The molecule has 0 amide bonds. The fraction of sp³-hybridized carbons (Fsp3) is 0. The van der Waals surface area contributed by atoms with Crippen molar-refractivity contribution in [3.05, 3.63) is 31.1 Å². The Morgan fingerprint density at radius 2 is 1.00 bits per heavy atom. The van der Waals surface area contributed by atoms with Gasteiger partial charge >= 0.3 is 0 Å². The first-order valence-electron chi connectivity index (χ1n) is 4.07. The Morgan fingerprint density at radius 3 is 1.59 bits per heavy atom. The van der Waals surface area contributed by atoms with Gasteiger partial charge in [0.15, 0.2) is 0 Å². The molecule has 0 aliphatic heterocycles. The average Bonchev–Trinajstić information content (AvgIpc) is 2.30. The molecule has 0 aliphatic rings. The maximum atomic E-state index is 3.53. The summed E-state index contributed by atoms with van der Waals surface area (Å²) < 4.78 is 9.22. The van der Waals surface area contributed by atoms with E-state index in [0.29, 0.717) is 0 Å². The maximum Gasteiger partial charge on any atom is 0.0415 e. The first-order chi connectivity index (χ1) is 7.86. The molecule has 0 nitrogen and oxygen atoms in total. The van der Waals surface area contributed by atoms with E-state index in [1.807, 2.05) is 0 Å². The number of fused-ring (bicyclic) bond motifs is 1. The molecule has 7 heteroatoms. The van der Waals surface area contributed by atoms with Crippen molar-refractivity contribution in [1.29, 1.82) is 0 Å². The van der Waals surface area contributed by atoms with Crippen LogP contribution in [0.25, 0.3) is 10.8 Å². The zero-order valence-corrected chi connectivity index (χ0v) is 22.7. The van der Waals surface area contributed by atoms with Crippen molar-refractivity contribution < 1.29 is 0 Å². The quantitative estimate of drug-likeness (QED) is 0.154. The third kappa shape index (κ3) is 3.27. The molecule has 0 aromatic heterocycles. The summed E-state index contributed by atoms with van der Waals surface area (Å²) in [6.07, 6.45) is 0. The topological polar surface area (TPSA) is 0 Å². The lowest BCUT2D eigenvalue weighted by molar-refractivity contribution is 1.49. The third-order valence-electron chi connectivity index (χ3n) is 2.11. The van der Waals surface area contributed by atoms with E-state index in [-0.39, 0.29) is 0 Å². The van der Waals surface area contributed by atoms with Crippen LogP contribution in [0.2, 0.25) is 0 Å². The molecule has 0 bridgehead atoms. The van der Waals surface area contributed by atoms with Crippen LogP contribution in [0.5, 0.6) is 0 Å². The molecule has 0 unspecified atom stereocenters. The van der Waals surface area contributed by atoms with E-state index in [9.17, 15) is 0 Å². The van der Waals surface area contributed by atoms with Crippen molar-refractivity contribution >= 4 is 169 Å². The second kappa shape index (κ2) is 6.93. The second-order valence-corrected chi connectivity index (χ2v) is 10.6. The largest absolute Gasteiger partial charge is 0.0424 e. The Hall–Kier alpha value is 3.81. The highest BCUT2D eigenvalue weighted by Gasteiger charge is 2.18. The first-order valence-corrected chi connectivity index (χ1v) is 11.6. The van der Waals surface area contributed by atoms with Gasteiger partial charge in [0.2, 0.25) is 0 Å². The lowest BCUT2D eigenvalue weighted by atomic mass is 10.1. The molecule has 1 radical (unpaired) electrons. The molecule has 0 saturated heterocycles. The molecule has 2 aromatic rings. The monoisotopic (exact) mass is 1010 g/mol. The van der Waals surface area contributed by atoms with Gasteiger partial charge in [-0.2, -0.15) is 0 Å². The Bertz CT molecular complexity index is 625. The van der Waals surface area contributed by atoms with Crippen LogP contribution in [-0.2, 0) is 0 Å². The van der Waals surface area contributed by atoms with Crippen molar-refractivity contribution in [3.63, 3.8) is 0 Å². The lowest BCUT2D eigenvalue weighted by Crippen LogP contribution is -1.99. The van der Waals surface area contributed by atoms with Gasteiger partial charge in [-0.1, -0.05) is 0 Å². The predicted molar refractivity (Wildman–Crippen MR) is 132 cm³/mol. The van der Waals surface area contributed by atoms with Crippen molar-refractivity contribution in [2.45, 2.75) is 0 Å². The molecule has 0 spiro atoms. The van der Waals surface area contributed by atoms with E-state index in [0.717, 1.165) is 0 Å². The summed E-state index contributed by atoms with van der Waals surface area (Å²) in [5.41, 5.74) is 0. The van der Waals surface area contributed by atoms with Gasteiger partial charge in [0.25, 0.3) is 0 Å². The molecule has 89 valence electrons. The number of hydrogen-bond donors (Lipinski definition) is 0. The summed E-state index contributed by atoms with van der Waals surface area (Å²) in [6, 6.07) is 3.53. The summed E-state index contributed by atoms with van der Waals surface area (Å²) in [4.78, 5) is 0. The Labute approximate surface area is 195 Å². The highest BCUT2D eigenvalue weighted by molar-refractivity contribution is 14.1. The highest BCUT2D eigenvalue weighted by Crippen LogP contribution is 2.39. The molecule has 17 heavy (non-hydrogen) atoms. The third-order valence-corrected chi connectivity index (χ3v) is 14.5. The SMILES string of the molecule is Ic1[c]c2c(I)c(I)c(I)c(I)c2c(I)c1I. The Kier molecular flexibility index (Phi) is 7.00. The minimum Gasteiger partial charge on any atom is -0.0424 e. The molecule has 0 aliphatic carbocycles. The van der Waals surface area contributed by atoms with Crippen LogP contribution in [0, 0.1) is 31.1 Å². The number of benzene rings is 2. The van der Waals surface area contributed by atoms with Crippen molar-refractivity contribution in [2.24, 2.45) is 0 Å². The van der Waals surface area contributed by atoms with Gasteiger partial charge in [-0.05, 0) is 158 Å². The fourth-order valence-electron chi connectivity index (χ4n) is 1.33. The van der Waals surface area contributed by atoms with E-state index in [1.165, 1.54) is 35.8 Å². The second-order valence-electron chi connectivity index (χ2n) is 3.07. The van der Waals surface area contributed by atoms with Crippen molar-refractivity contribution in [2.75, 3.05) is 0 Å². The predicted octanol–water partition coefficient (Wildman–Crippen LogP) is 6.87. The lowest BCUT2D eigenvalue weighted by Gasteiger charge is -2.13. The van der Waals surface area contributed by atoms with Crippen LogP contribution in [0.15, 0.2) is 0 Å². The molecule has 0 atom stereocenters. The molecule has 0 fully saturated rings. The molecule has 2 rings (SSSR count). The summed E-state index contributed by atoms with van der Waals surface area (Å²) in [7, 11) is 0. The number of rotatable bonds is 0. The van der Waals surface area contributed by atoms with E-state index in [2.05, 4.69) is 164 Å². The van der Waals surface area contributed by atoms with E-state index >= 15 is 0 Å². The van der Waals surface area contributed by atoms with Crippen LogP contribution >= 0.6 is 158 Å². The summed E-state index contributed by atoms with van der Waals surface area (Å²) in [6.45, 7) is 0. The van der Waals surface area contributed by atoms with E-state index < -0.39 is 0 Å². The molecular weight excluding hydrogens is 1010 g/mol. The Morgan fingerprint density at radius 1 is 0.529 bits per heavy atom. The normalized spacial score (nSPS) is 11.2. The van der Waals surface area contributed by atoms with Crippen molar-refractivity contribution in [3.8, 4) is 0 Å². The van der Waals surface area contributed by atoms with Gasteiger partial charge in [-0.3, -0.25) is 0 Å². The first kappa shape index (κ1) is 17.2. The van der Waals surface area contributed by atoms with Crippen LogP contribution in [0.4, 0.5) is 0 Å². The van der Waals surface area contributed by atoms with Crippen molar-refractivity contribution in [1.82, 2.24) is 0 Å². The fourth-order valence-corrected chi connectivity index (χ4v) is 7.70. The zero-order chi connectivity index (χ0) is 12.9. The summed E-state index contributed by atoms with van der Waals surface area (Å²) in [5, 5.41) is 2.61.